The van der Waals surface area contributed by atoms with Crippen LogP contribution in [0.2, 0.25) is 0 Å². The van der Waals surface area contributed by atoms with Crippen LogP contribution in [0.15, 0.2) is 46.9 Å². The summed E-state index contributed by atoms with van der Waals surface area (Å²) >= 11 is 8.71. The summed E-state index contributed by atoms with van der Waals surface area (Å²) in [7, 11) is 0. The van der Waals surface area contributed by atoms with Crippen LogP contribution >= 0.6 is 28.1 Å². The smallest absolute Gasteiger partial charge is 0.257 e. The van der Waals surface area contributed by atoms with Crippen molar-refractivity contribution in [2.75, 3.05) is 31.7 Å². The van der Waals surface area contributed by atoms with Gasteiger partial charge in [0.1, 0.15) is 18.1 Å². The average molecular weight is 495 g/mol. The van der Waals surface area contributed by atoms with Gasteiger partial charge in [0.2, 0.25) is 0 Å². The van der Waals surface area contributed by atoms with Gasteiger partial charge < -0.3 is 19.5 Å². The van der Waals surface area contributed by atoms with Crippen molar-refractivity contribution in [3.8, 4) is 11.5 Å². The first kappa shape index (κ1) is 24.1. The molecule has 0 fully saturated rings. The average Bonchev–Trinajstić information content (AvgIpc) is 2.70. The van der Waals surface area contributed by atoms with Gasteiger partial charge in [0.05, 0.1) is 17.7 Å². The molecule has 0 saturated carbocycles. The molecule has 162 valence electrons. The standard InChI is InChI=1S/C22H27BrN2O4S/c1-4-27-10-11-28-18-7-5-6-17(13-18)24-22(30)25-21(26)16-8-9-20(19(23)12-16)29-14-15(2)3/h5-9,12-13,15H,4,10-11,14H2,1-3H3,(H2,24,25,26,30). The largest absolute Gasteiger partial charge is 0.492 e. The molecule has 0 aliphatic heterocycles. The van der Waals surface area contributed by atoms with Gasteiger partial charge in [-0.05, 0) is 71.3 Å². The number of halogens is 1. The summed E-state index contributed by atoms with van der Waals surface area (Å²) < 4.78 is 17.3. The van der Waals surface area contributed by atoms with E-state index in [0.717, 1.165) is 0 Å². The minimum Gasteiger partial charge on any atom is -0.492 e. The van der Waals surface area contributed by atoms with Gasteiger partial charge in [-0.1, -0.05) is 19.9 Å². The van der Waals surface area contributed by atoms with Crippen molar-refractivity contribution in [2.24, 2.45) is 5.92 Å². The molecule has 0 aliphatic rings. The molecule has 0 spiro atoms. The summed E-state index contributed by atoms with van der Waals surface area (Å²) in [6.45, 7) is 8.34. The molecule has 0 radical (unpaired) electrons. The van der Waals surface area contributed by atoms with E-state index in [1.807, 2.05) is 31.2 Å². The lowest BCUT2D eigenvalue weighted by atomic mass is 10.2. The highest BCUT2D eigenvalue weighted by atomic mass is 79.9. The van der Waals surface area contributed by atoms with Crippen molar-refractivity contribution in [3.05, 3.63) is 52.5 Å². The van der Waals surface area contributed by atoms with Crippen molar-refractivity contribution in [1.82, 2.24) is 5.32 Å². The Morgan fingerprint density at radius 2 is 1.93 bits per heavy atom. The lowest BCUT2D eigenvalue weighted by Gasteiger charge is -2.13. The number of ether oxygens (including phenoxy) is 3. The van der Waals surface area contributed by atoms with Crippen molar-refractivity contribution >= 4 is 44.9 Å². The molecule has 0 unspecified atom stereocenters. The number of hydrogen-bond acceptors (Lipinski definition) is 5. The summed E-state index contributed by atoms with van der Waals surface area (Å²) in [6, 6.07) is 12.5. The second-order valence-corrected chi connectivity index (χ2v) is 8.09. The number of benzene rings is 2. The van der Waals surface area contributed by atoms with E-state index in [1.54, 1.807) is 18.2 Å². The first-order valence-electron chi connectivity index (χ1n) is 9.74. The fraction of sp³-hybridized carbons (Fsp3) is 0.364. The van der Waals surface area contributed by atoms with Gasteiger partial charge in [0.15, 0.2) is 5.11 Å². The highest BCUT2D eigenvalue weighted by Gasteiger charge is 2.12. The first-order valence-corrected chi connectivity index (χ1v) is 10.9. The summed E-state index contributed by atoms with van der Waals surface area (Å²) in [6.07, 6.45) is 0. The molecule has 0 atom stereocenters. The molecule has 2 aromatic rings. The topological polar surface area (TPSA) is 68.8 Å². The number of thiocarbonyl (C=S) groups is 1. The predicted molar refractivity (Wildman–Crippen MR) is 127 cm³/mol. The van der Waals surface area contributed by atoms with Gasteiger partial charge in [-0.2, -0.15) is 0 Å². The molecule has 0 aliphatic carbocycles. The van der Waals surface area contributed by atoms with E-state index in [2.05, 4.69) is 40.4 Å². The second-order valence-electron chi connectivity index (χ2n) is 6.83. The molecule has 0 saturated heterocycles. The summed E-state index contributed by atoms with van der Waals surface area (Å²) in [5.74, 6) is 1.49. The highest BCUT2D eigenvalue weighted by Crippen LogP contribution is 2.26. The third-order valence-electron chi connectivity index (χ3n) is 3.79. The third-order valence-corrected chi connectivity index (χ3v) is 4.61. The lowest BCUT2D eigenvalue weighted by molar-refractivity contribution is 0.0977. The van der Waals surface area contributed by atoms with Gasteiger partial charge in [-0.15, -0.1) is 0 Å². The highest BCUT2D eigenvalue weighted by molar-refractivity contribution is 9.10. The molecule has 30 heavy (non-hydrogen) atoms. The molecule has 0 heterocycles. The maximum Gasteiger partial charge on any atom is 0.257 e. The zero-order chi connectivity index (χ0) is 21.9. The van der Waals surface area contributed by atoms with Crippen molar-refractivity contribution in [1.29, 1.82) is 0 Å². The SMILES string of the molecule is CCOCCOc1cccc(NC(=S)NC(=O)c2ccc(OCC(C)C)c(Br)c2)c1. The third kappa shape index (κ3) is 8.30. The molecule has 1 amide bonds. The van der Waals surface area contributed by atoms with Crippen LogP contribution in [-0.4, -0.2) is 37.4 Å². The van der Waals surface area contributed by atoms with E-state index in [-0.39, 0.29) is 11.0 Å². The lowest BCUT2D eigenvalue weighted by Crippen LogP contribution is -2.34. The monoisotopic (exact) mass is 494 g/mol. The van der Waals surface area contributed by atoms with Crippen LogP contribution in [0.1, 0.15) is 31.1 Å². The number of nitrogens with one attached hydrogen (secondary N) is 2. The van der Waals surface area contributed by atoms with E-state index >= 15 is 0 Å². The fourth-order valence-corrected chi connectivity index (χ4v) is 3.08. The van der Waals surface area contributed by atoms with E-state index in [9.17, 15) is 4.79 Å². The van der Waals surface area contributed by atoms with Crippen molar-refractivity contribution in [3.63, 3.8) is 0 Å². The molecule has 0 aromatic heterocycles. The van der Waals surface area contributed by atoms with Crippen LogP contribution in [-0.2, 0) is 4.74 Å². The van der Waals surface area contributed by atoms with E-state index in [4.69, 9.17) is 26.4 Å². The van der Waals surface area contributed by atoms with Crippen LogP contribution in [0.25, 0.3) is 0 Å². The van der Waals surface area contributed by atoms with Crippen molar-refractivity contribution in [2.45, 2.75) is 20.8 Å². The Labute approximate surface area is 191 Å². The Balaban J connectivity index is 1.90. The molecule has 0 bridgehead atoms. The zero-order valence-corrected chi connectivity index (χ0v) is 19.8. The Hall–Kier alpha value is -2.16. The van der Waals surface area contributed by atoms with Crippen LogP contribution in [0.5, 0.6) is 11.5 Å². The van der Waals surface area contributed by atoms with E-state index < -0.39 is 0 Å². The number of anilines is 1. The second kappa shape index (κ2) is 12.5. The molecular weight excluding hydrogens is 468 g/mol. The molecule has 6 nitrogen and oxygen atoms in total. The summed E-state index contributed by atoms with van der Waals surface area (Å²) in [4.78, 5) is 12.5. The van der Waals surface area contributed by atoms with Crippen LogP contribution in [0.3, 0.4) is 0 Å². The van der Waals surface area contributed by atoms with E-state index in [1.165, 1.54) is 0 Å². The first-order chi connectivity index (χ1) is 14.4. The quantitative estimate of drug-likeness (QED) is 0.356. The Morgan fingerprint density at radius 1 is 1.13 bits per heavy atom. The van der Waals surface area contributed by atoms with Gasteiger partial charge in [-0.3, -0.25) is 10.1 Å². The maximum atomic E-state index is 12.5. The predicted octanol–water partition coefficient (Wildman–Crippen LogP) is 5.03. The van der Waals surface area contributed by atoms with Crippen LogP contribution in [0.4, 0.5) is 5.69 Å². The van der Waals surface area contributed by atoms with Gasteiger partial charge >= 0.3 is 0 Å². The molecule has 2 rings (SSSR count). The summed E-state index contributed by atoms with van der Waals surface area (Å²) in [5.41, 5.74) is 1.18. The van der Waals surface area contributed by atoms with E-state index in [0.29, 0.717) is 59.6 Å². The molecule has 2 N–H and O–H groups in total. The molecular formula is C22H27BrN2O4S. The molecule has 2 aromatic carbocycles. The minimum absolute atomic E-state index is 0.197. The normalized spacial score (nSPS) is 10.6. The number of carbonyl (C=O) groups excluding carboxylic acids is 1. The Kier molecular flexibility index (Phi) is 10.1. The Bertz CT molecular complexity index is 861. The van der Waals surface area contributed by atoms with Crippen molar-refractivity contribution < 1.29 is 19.0 Å². The Morgan fingerprint density at radius 3 is 2.63 bits per heavy atom. The number of carbonyl (C=O) groups is 1. The molecule has 8 heteroatoms. The minimum atomic E-state index is -0.312. The van der Waals surface area contributed by atoms with Crippen LogP contribution in [0, 0.1) is 5.92 Å². The number of amides is 1. The van der Waals surface area contributed by atoms with Gasteiger partial charge in [0, 0.05) is 23.9 Å². The van der Waals surface area contributed by atoms with Crippen LogP contribution < -0.4 is 20.1 Å². The fourth-order valence-electron chi connectivity index (χ4n) is 2.38. The van der Waals surface area contributed by atoms with Gasteiger partial charge in [0.25, 0.3) is 5.91 Å². The van der Waals surface area contributed by atoms with Gasteiger partial charge in [-0.25, -0.2) is 0 Å². The summed E-state index contributed by atoms with van der Waals surface area (Å²) in [5, 5.41) is 5.87. The number of hydrogen-bond donors (Lipinski definition) is 2. The zero-order valence-electron chi connectivity index (χ0n) is 17.4. The maximum absolute atomic E-state index is 12.5. The number of rotatable bonds is 10.